The molecule has 1 rings (SSSR count). The highest BCUT2D eigenvalue weighted by Gasteiger charge is 2.07. The first kappa shape index (κ1) is 13.0. The minimum Gasteiger partial charge on any atom is -0.481 e. The molecule has 2 N–H and O–H groups in total. The largest absolute Gasteiger partial charge is 0.481 e. The maximum absolute atomic E-state index is 10.4. The van der Waals surface area contributed by atoms with Crippen LogP contribution in [0.5, 0.6) is 0 Å². The SMILES string of the molecule is Cc1ccc(NC(C)CCC(=O)O)c(Br)c1. The number of nitrogens with one attached hydrogen (secondary N) is 1. The van der Waals surface area contributed by atoms with Gasteiger partial charge in [-0.15, -0.1) is 0 Å². The van der Waals surface area contributed by atoms with Crippen molar-refractivity contribution in [3.8, 4) is 0 Å². The maximum atomic E-state index is 10.4. The summed E-state index contributed by atoms with van der Waals surface area (Å²) >= 11 is 3.48. The van der Waals surface area contributed by atoms with E-state index in [-0.39, 0.29) is 12.5 Å². The molecule has 0 aromatic heterocycles. The van der Waals surface area contributed by atoms with E-state index in [1.54, 1.807) is 0 Å². The molecule has 0 heterocycles. The molecule has 3 nitrogen and oxygen atoms in total. The molecule has 16 heavy (non-hydrogen) atoms. The Labute approximate surface area is 104 Å². The van der Waals surface area contributed by atoms with Crippen LogP contribution in [0.25, 0.3) is 0 Å². The number of aryl methyl sites for hydroxylation is 1. The molecule has 1 atom stereocenters. The van der Waals surface area contributed by atoms with Gasteiger partial charge in [0.15, 0.2) is 0 Å². The smallest absolute Gasteiger partial charge is 0.303 e. The van der Waals surface area contributed by atoms with E-state index in [2.05, 4.69) is 21.2 Å². The third-order valence-corrected chi connectivity index (χ3v) is 2.97. The standard InChI is InChI=1S/C12H16BrNO2/c1-8-3-5-11(10(13)7-8)14-9(2)4-6-12(15)16/h3,5,7,9,14H,4,6H2,1-2H3,(H,15,16). The lowest BCUT2D eigenvalue weighted by molar-refractivity contribution is -0.137. The minimum atomic E-state index is -0.753. The third kappa shape index (κ3) is 4.23. The lowest BCUT2D eigenvalue weighted by Crippen LogP contribution is -2.16. The van der Waals surface area contributed by atoms with E-state index < -0.39 is 5.97 Å². The molecular formula is C12H16BrNO2. The summed E-state index contributed by atoms with van der Waals surface area (Å²) in [6.07, 6.45) is 0.813. The highest BCUT2D eigenvalue weighted by Crippen LogP contribution is 2.24. The molecular weight excluding hydrogens is 270 g/mol. The molecule has 1 aromatic rings. The normalized spacial score (nSPS) is 12.2. The fourth-order valence-corrected chi connectivity index (χ4v) is 2.02. The Morgan fingerprint density at radius 3 is 2.81 bits per heavy atom. The number of halogens is 1. The first-order valence-electron chi connectivity index (χ1n) is 5.23. The second-order valence-electron chi connectivity index (χ2n) is 3.96. The lowest BCUT2D eigenvalue weighted by atomic mass is 10.1. The van der Waals surface area contributed by atoms with Crippen LogP contribution in [-0.4, -0.2) is 17.1 Å². The van der Waals surface area contributed by atoms with Gasteiger partial charge in [-0.05, 0) is 53.9 Å². The van der Waals surface area contributed by atoms with Gasteiger partial charge in [0.2, 0.25) is 0 Å². The van der Waals surface area contributed by atoms with Gasteiger partial charge in [-0.2, -0.15) is 0 Å². The van der Waals surface area contributed by atoms with E-state index >= 15 is 0 Å². The molecule has 1 aromatic carbocycles. The van der Waals surface area contributed by atoms with Crippen LogP contribution in [0.15, 0.2) is 22.7 Å². The number of carbonyl (C=O) groups is 1. The average Bonchev–Trinajstić information content (AvgIpc) is 2.19. The Morgan fingerprint density at radius 2 is 2.25 bits per heavy atom. The molecule has 0 aliphatic rings. The van der Waals surface area contributed by atoms with E-state index in [4.69, 9.17) is 5.11 Å². The van der Waals surface area contributed by atoms with Crippen LogP contribution in [0.2, 0.25) is 0 Å². The molecule has 0 aliphatic carbocycles. The predicted molar refractivity (Wildman–Crippen MR) is 68.8 cm³/mol. The Balaban J connectivity index is 2.55. The van der Waals surface area contributed by atoms with Crippen LogP contribution in [-0.2, 0) is 4.79 Å². The van der Waals surface area contributed by atoms with E-state index in [1.807, 2.05) is 32.0 Å². The summed E-state index contributed by atoms with van der Waals surface area (Å²) in [6, 6.07) is 6.20. The van der Waals surface area contributed by atoms with Gasteiger partial charge in [-0.3, -0.25) is 4.79 Å². The first-order chi connectivity index (χ1) is 7.49. The highest BCUT2D eigenvalue weighted by molar-refractivity contribution is 9.10. The summed E-state index contributed by atoms with van der Waals surface area (Å²) in [5.74, 6) is -0.753. The Bertz CT molecular complexity index is 379. The fourth-order valence-electron chi connectivity index (χ4n) is 1.41. The van der Waals surface area contributed by atoms with Crippen LogP contribution in [0.3, 0.4) is 0 Å². The highest BCUT2D eigenvalue weighted by atomic mass is 79.9. The van der Waals surface area contributed by atoms with E-state index in [9.17, 15) is 4.79 Å². The molecule has 88 valence electrons. The molecule has 1 unspecified atom stereocenters. The minimum absolute atomic E-state index is 0.148. The van der Waals surface area contributed by atoms with Crippen molar-refractivity contribution in [1.29, 1.82) is 0 Å². The van der Waals surface area contributed by atoms with Crippen molar-refractivity contribution < 1.29 is 9.90 Å². The summed E-state index contributed by atoms with van der Waals surface area (Å²) in [5.41, 5.74) is 2.19. The van der Waals surface area contributed by atoms with Gasteiger partial charge in [0.05, 0.1) is 0 Å². The van der Waals surface area contributed by atoms with Crippen molar-refractivity contribution in [1.82, 2.24) is 0 Å². The van der Waals surface area contributed by atoms with Gasteiger partial charge in [-0.1, -0.05) is 6.07 Å². The second-order valence-corrected chi connectivity index (χ2v) is 4.82. The van der Waals surface area contributed by atoms with Crippen molar-refractivity contribution in [2.45, 2.75) is 32.7 Å². The van der Waals surface area contributed by atoms with Gasteiger partial charge in [0.25, 0.3) is 0 Å². The van der Waals surface area contributed by atoms with Gasteiger partial charge < -0.3 is 10.4 Å². The van der Waals surface area contributed by atoms with Crippen molar-refractivity contribution in [2.24, 2.45) is 0 Å². The summed E-state index contributed by atoms with van der Waals surface area (Å²) in [6.45, 7) is 4.01. The number of carboxylic acid groups (broad SMARTS) is 1. The van der Waals surface area contributed by atoms with Crippen molar-refractivity contribution >= 4 is 27.6 Å². The summed E-state index contributed by atoms with van der Waals surface area (Å²) in [5, 5.41) is 11.9. The van der Waals surface area contributed by atoms with Gasteiger partial charge in [0.1, 0.15) is 0 Å². The zero-order valence-electron chi connectivity index (χ0n) is 9.46. The number of carboxylic acids is 1. The number of hydrogen-bond acceptors (Lipinski definition) is 2. The average molecular weight is 286 g/mol. The number of anilines is 1. The number of hydrogen-bond donors (Lipinski definition) is 2. The van der Waals surface area contributed by atoms with Gasteiger partial charge >= 0.3 is 5.97 Å². The molecule has 4 heteroatoms. The monoisotopic (exact) mass is 285 g/mol. The first-order valence-corrected chi connectivity index (χ1v) is 6.03. The van der Waals surface area contributed by atoms with E-state index in [0.29, 0.717) is 6.42 Å². The van der Waals surface area contributed by atoms with Crippen LogP contribution >= 0.6 is 15.9 Å². The van der Waals surface area contributed by atoms with Crippen LogP contribution in [0.1, 0.15) is 25.3 Å². The second kappa shape index (κ2) is 5.89. The number of benzene rings is 1. The maximum Gasteiger partial charge on any atom is 0.303 e. The predicted octanol–water partition coefficient (Wildman–Crippen LogP) is 3.42. The zero-order valence-corrected chi connectivity index (χ0v) is 11.0. The fraction of sp³-hybridized carbons (Fsp3) is 0.417. The van der Waals surface area contributed by atoms with E-state index in [1.165, 1.54) is 5.56 Å². The molecule has 0 saturated heterocycles. The lowest BCUT2D eigenvalue weighted by Gasteiger charge is -2.15. The molecule has 0 fully saturated rings. The van der Waals surface area contributed by atoms with Crippen molar-refractivity contribution in [3.05, 3.63) is 28.2 Å². The molecule has 0 spiro atoms. The van der Waals surface area contributed by atoms with Crippen LogP contribution < -0.4 is 5.32 Å². The summed E-state index contributed by atoms with van der Waals surface area (Å²) < 4.78 is 1.01. The molecule has 0 aliphatic heterocycles. The van der Waals surface area contributed by atoms with Gasteiger partial charge in [-0.25, -0.2) is 0 Å². The third-order valence-electron chi connectivity index (χ3n) is 2.32. The molecule has 0 saturated carbocycles. The van der Waals surface area contributed by atoms with Crippen molar-refractivity contribution in [3.63, 3.8) is 0 Å². The van der Waals surface area contributed by atoms with E-state index in [0.717, 1.165) is 10.2 Å². The number of rotatable bonds is 5. The van der Waals surface area contributed by atoms with Crippen LogP contribution in [0.4, 0.5) is 5.69 Å². The summed E-state index contributed by atoms with van der Waals surface area (Å²) in [4.78, 5) is 10.4. The Morgan fingerprint density at radius 1 is 1.56 bits per heavy atom. The number of aliphatic carboxylic acids is 1. The summed E-state index contributed by atoms with van der Waals surface area (Å²) in [7, 11) is 0. The Hall–Kier alpha value is -1.03. The van der Waals surface area contributed by atoms with Crippen molar-refractivity contribution in [2.75, 3.05) is 5.32 Å². The topological polar surface area (TPSA) is 49.3 Å². The molecule has 0 amide bonds. The van der Waals surface area contributed by atoms with Crippen LogP contribution in [0, 0.1) is 6.92 Å². The quantitative estimate of drug-likeness (QED) is 0.872. The zero-order chi connectivity index (χ0) is 12.1. The molecule has 0 bridgehead atoms. The Kier molecular flexibility index (Phi) is 4.80. The molecule has 0 radical (unpaired) electrons. The van der Waals surface area contributed by atoms with Gasteiger partial charge in [0, 0.05) is 22.6 Å².